The lowest BCUT2D eigenvalue weighted by Crippen LogP contribution is -2.52. The Kier molecular flexibility index (Phi) is 6.59. The minimum Gasteiger partial charge on any atom is -0.393 e. The van der Waals surface area contributed by atoms with Gasteiger partial charge >= 0.3 is 0 Å². The number of hydrogen-bond acceptors (Lipinski definition) is 1. The van der Waals surface area contributed by atoms with Crippen LogP contribution in [0.4, 0.5) is 0 Å². The Hall–Kier alpha value is -0.560. The van der Waals surface area contributed by atoms with E-state index in [1.54, 1.807) is 5.57 Å². The molecule has 3 saturated carbocycles. The van der Waals surface area contributed by atoms with Gasteiger partial charge in [0.25, 0.3) is 0 Å². The Morgan fingerprint density at radius 3 is 2.42 bits per heavy atom. The van der Waals surface area contributed by atoms with Crippen LogP contribution in [0, 0.1) is 52.3 Å². The van der Waals surface area contributed by atoms with Crippen molar-refractivity contribution < 1.29 is 5.11 Å². The van der Waals surface area contributed by atoms with E-state index in [1.807, 2.05) is 5.57 Å². The normalized spacial score (nSPS) is 46.2. The maximum Gasteiger partial charge on any atom is 0.0568 e. The van der Waals surface area contributed by atoms with Crippen LogP contribution in [-0.4, -0.2) is 11.2 Å². The number of rotatable bonds is 5. The van der Waals surface area contributed by atoms with Gasteiger partial charge in [-0.1, -0.05) is 64.8 Å². The summed E-state index contributed by atoms with van der Waals surface area (Å²) in [5.74, 6) is 5.16. The van der Waals surface area contributed by atoms with E-state index in [1.165, 1.54) is 51.4 Å². The third-order valence-electron chi connectivity index (χ3n) is 11.3. The van der Waals surface area contributed by atoms with Gasteiger partial charge in [0, 0.05) is 0 Å². The highest BCUT2D eigenvalue weighted by molar-refractivity contribution is 5.28. The summed E-state index contributed by atoms with van der Waals surface area (Å²) in [7, 11) is 0. The third kappa shape index (κ3) is 3.79. The number of aliphatic hydroxyl groups is 1. The predicted molar refractivity (Wildman–Crippen MR) is 133 cm³/mol. The molecule has 176 valence electrons. The molecule has 0 spiro atoms. The molecular weight excluding hydrogens is 376 g/mol. The number of hydrogen-bond donors (Lipinski definition) is 1. The van der Waals surface area contributed by atoms with Crippen molar-refractivity contribution in [2.75, 3.05) is 0 Å². The number of fused-ring (bicyclic) bond motifs is 5. The summed E-state index contributed by atoms with van der Waals surface area (Å²) >= 11 is 0. The molecule has 31 heavy (non-hydrogen) atoms. The molecule has 0 aromatic carbocycles. The fourth-order valence-corrected chi connectivity index (χ4v) is 9.28. The number of allylic oxidation sites excluding steroid dienone is 4. The van der Waals surface area contributed by atoms with Crippen molar-refractivity contribution in [1.82, 2.24) is 0 Å². The topological polar surface area (TPSA) is 20.2 Å². The van der Waals surface area contributed by atoms with Gasteiger partial charge in [0.2, 0.25) is 0 Å². The average Bonchev–Trinajstić information content (AvgIpc) is 3.08. The second kappa shape index (κ2) is 8.66. The molecule has 1 N–H and O–H groups in total. The summed E-state index contributed by atoms with van der Waals surface area (Å²) in [6, 6.07) is 0. The Labute approximate surface area is 193 Å². The fraction of sp³-hybridized carbons (Fsp3) is 0.867. The van der Waals surface area contributed by atoms with E-state index in [0.717, 1.165) is 30.1 Å². The highest BCUT2D eigenvalue weighted by Gasteiger charge is 2.59. The molecule has 0 aromatic heterocycles. The summed E-state index contributed by atoms with van der Waals surface area (Å²) < 4.78 is 0. The van der Waals surface area contributed by atoms with Gasteiger partial charge in [0.1, 0.15) is 0 Å². The third-order valence-corrected chi connectivity index (χ3v) is 11.3. The first-order valence-corrected chi connectivity index (χ1v) is 13.7. The van der Waals surface area contributed by atoms with E-state index in [-0.39, 0.29) is 6.10 Å². The lowest BCUT2D eigenvalue weighted by atomic mass is 9.46. The molecule has 0 amide bonds. The van der Waals surface area contributed by atoms with Gasteiger partial charge in [-0.15, -0.1) is 0 Å². The largest absolute Gasteiger partial charge is 0.393 e. The second-order valence-electron chi connectivity index (χ2n) is 12.9. The van der Waals surface area contributed by atoms with Crippen molar-refractivity contribution in [3.63, 3.8) is 0 Å². The monoisotopic (exact) mass is 426 g/mol. The van der Waals surface area contributed by atoms with Crippen LogP contribution in [0.15, 0.2) is 23.3 Å². The van der Waals surface area contributed by atoms with Crippen molar-refractivity contribution in [2.24, 2.45) is 52.3 Å². The van der Waals surface area contributed by atoms with Gasteiger partial charge in [-0.05, 0) is 117 Å². The number of aliphatic hydroxyl groups excluding tert-OH is 1. The summed E-state index contributed by atoms with van der Waals surface area (Å²) in [6.45, 7) is 17.1. The molecule has 1 heteroatoms. The molecular formula is C30H50O. The molecule has 0 aromatic rings. The SMILES string of the molecule is CC=C(CC[C@@H](C)[C@H]1CCC2C3=CC[C@H]4[C@H](C)[C@@H](O)CC[C@]4(C)C3CC[C@@]21C)C(C)C. The van der Waals surface area contributed by atoms with Gasteiger partial charge in [-0.2, -0.15) is 0 Å². The van der Waals surface area contributed by atoms with E-state index in [0.29, 0.717) is 28.6 Å². The second-order valence-corrected chi connectivity index (χ2v) is 12.9. The zero-order valence-electron chi connectivity index (χ0n) is 21.6. The van der Waals surface area contributed by atoms with Crippen LogP contribution in [0.5, 0.6) is 0 Å². The molecule has 3 fully saturated rings. The Balaban J connectivity index is 1.51. The maximum atomic E-state index is 10.5. The molecule has 4 rings (SSSR count). The Bertz CT molecular complexity index is 716. The minimum atomic E-state index is -0.0773. The van der Waals surface area contributed by atoms with Gasteiger partial charge in [-0.25, -0.2) is 0 Å². The van der Waals surface area contributed by atoms with E-state index in [2.05, 4.69) is 60.6 Å². The van der Waals surface area contributed by atoms with Crippen LogP contribution >= 0.6 is 0 Å². The van der Waals surface area contributed by atoms with Gasteiger partial charge < -0.3 is 5.11 Å². The molecule has 2 unspecified atom stereocenters. The van der Waals surface area contributed by atoms with Crippen molar-refractivity contribution in [3.8, 4) is 0 Å². The van der Waals surface area contributed by atoms with Gasteiger partial charge in [0.15, 0.2) is 0 Å². The van der Waals surface area contributed by atoms with E-state index in [4.69, 9.17) is 0 Å². The highest BCUT2D eigenvalue weighted by Crippen LogP contribution is 2.67. The Morgan fingerprint density at radius 1 is 1.06 bits per heavy atom. The first kappa shape index (κ1) is 23.6. The average molecular weight is 427 g/mol. The first-order valence-electron chi connectivity index (χ1n) is 13.7. The van der Waals surface area contributed by atoms with Crippen LogP contribution in [0.25, 0.3) is 0 Å². The molecule has 4 aliphatic carbocycles. The molecule has 9 atom stereocenters. The van der Waals surface area contributed by atoms with Crippen LogP contribution in [0.1, 0.15) is 106 Å². The van der Waals surface area contributed by atoms with Gasteiger partial charge in [0.05, 0.1) is 6.10 Å². The zero-order chi connectivity index (χ0) is 22.6. The van der Waals surface area contributed by atoms with Crippen molar-refractivity contribution >= 4 is 0 Å². The highest BCUT2D eigenvalue weighted by atomic mass is 16.3. The van der Waals surface area contributed by atoms with E-state index >= 15 is 0 Å². The zero-order valence-corrected chi connectivity index (χ0v) is 21.6. The predicted octanol–water partition coefficient (Wildman–Crippen LogP) is 8.19. The van der Waals surface area contributed by atoms with Crippen molar-refractivity contribution in [2.45, 2.75) is 112 Å². The van der Waals surface area contributed by atoms with Crippen LogP contribution < -0.4 is 0 Å². The molecule has 0 aliphatic heterocycles. The molecule has 0 heterocycles. The van der Waals surface area contributed by atoms with E-state index < -0.39 is 0 Å². The summed E-state index contributed by atoms with van der Waals surface area (Å²) in [6.07, 6.45) is 16.8. The molecule has 1 nitrogen and oxygen atoms in total. The lowest BCUT2D eigenvalue weighted by Gasteiger charge is -2.59. The van der Waals surface area contributed by atoms with Crippen LogP contribution in [0.2, 0.25) is 0 Å². The summed E-state index contributed by atoms with van der Waals surface area (Å²) in [5.41, 5.74) is 4.45. The summed E-state index contributed by atoms with van der Waals surface area (Å²) in [5, 5.41) is 10.5. The molecule has 0 saturated heterocycles. The van der Waals surface area contributed by atoms with Gasteiger partial charge in [-0.3, -0.25) is 0 Å². The minimum absolute atomic E-state index is 0.0773. The van der Waals surface area contributed by atoms with Crippen molar-refractivity contribution in [3.05, 3.63) is 23.3 Å². The lowest BCUT2D eigenvalue weighted by molar-refractivity contribution is -0.0773. The molecule has 0 radical (unpaired) electrons. The standard InChI is InChI=1S/C30H50O/c1-8-22(19(2)3)10-9-20(4)24-13-14-26-23-11-12-25-21(5)28(31)16-18-30(25,7)27(23)15-17-29(24,26)6/h8,11,19-21,24-28,31H,9-10,12-18H2,1-7H3/t20-,21+,24-,25+,26?,27?,28+,29-,30+/m1/s1. The van der Waals surface area contributed by atoms with Crippen LogP contribution in [-0.2, 0) is 0 Å². The van der Waals surface area contributed by atoms with Crippen LogP contribution in [0.3, 0.4) is 0 Å². The molecule has 0 bridgehead atoms. The van der Waals surface area contributed by atoms with Crippen molar-refractivity contribution in [1.29, 1.82) is 0 Å². The quantitative estimate of drug-likeness (QED) is 0.439. The molecule has 4 aliphatic rings. The summed E-state index contributed by atoms with van der Waals surface area (Å²) in [4.78, 5) is 0. The fourth-order valence-electron chi connectivity index (χ4n) is 9.28. The smallest absolute Gasteiger partial charge is 0.0568 e. The van der Waals surface area contributed by atoms with E-state index in [9.17, 15) is 5.11 Å². The maximum absolute atomic E-state index is 10.5. The first-order chi connectivity index (χ1) is 14.6. The Morgan fingerprint density at radius 2 is 1.74 bits per heavy atom.